The second-order valence-electron chi connectivity index (χ2n) is 4.40. The van der Waals surface area contributed by atoms with E-state index < -0.39 is 0 Å². The fourth-order valence-corrected chi connectivity index (χ4v) is 2.79. The molecule has 5 nitrogen and oxygen atoms in total. The van der Waals surface area contributed by atoms with Crippen LogP contribution < -0.4 is 9.80 Å². The van der Waals surface area contributed by atoms with Gasteiger partial charge in [-0.25, -0.2) is 9.97 Å². The van der Waals surface area contributed by atoms with E-state index in [0.717, 1.165) is 0 Å². The highest BCUT2D eigenvalue weighted by molar-refractivity contribution is 6.40. The van der Waals surface area contributed by atoms with E-state index in [0.29, 0.717) is 33.8 Å². The molecule has 0 radical (unpaired) electrons. The van der Waals surface area contributed by atoms with Crippen molar-refractivity contribution in [1.29, 1.82) is 0 Å². The summed E-state index contributed by atoms with van der Waals surface area (Å²) in [5, 5.41) is 0.860. The molecule has 2 heterocycles. The molecule has 1 aliphatic heterocycles. The van der Waals surface area contributed by atoms with Gasteiger partial charge in [-0.2, -0.15) is 0 Å². The van der Waals surface area contributed by atoms with Gasteiger partial charge in [0.25, 0.3) is 5.91 Å². The number of hydrogen-bond acceptors (Lipinski definition) is 4. The molecular weight excluding hydrogens is 299 g/mol. The molecule has 2 aromatic rings. The lowest BCUT2D eigenvalue weighted by atomic mass is 10.2. The van der Waals surface area contributed by atoms with Gasteiger partial charge >= 0.3 is 0 Å². The zero-order valence-corrected chi connectivity index (χ0v) is 12.1. The molecule has 1 amide bonds. The molecule has 0 N–H and O–H groups in total. The lowest BCUT2D eigenvalue weighted by Gasteiger charge is -2.35. The first-order valence-electron chi connectivity index (χ1n) is 5.86. The van der Waals surface area contributed by atoms with Crippen molar-refractivity contribution in [2.45, 2.75) is 0 Å². The van der Waals surface area contributed by atoms with Gasteiger partial charge in [0, 0.05) is 13.2 Å². The SMILES string of the molecule is CN1CN(c2c(Cl)cccc2Cl)C(=O)c2cncnc21. The molecule has 1 aliphatic rings. The van der Waals surface area contributed by atoms with Crippen LogP contribution in [-0.2, 0) is 0 Å². The molecule has 0 atom stereocenters. The fraction of sp³-hybridized carbons (Fsp3) is 0.154. The maximum absolute atomic E-state index is 12.6. The third kappa shape index (κ3) is 1.99. The second kappa shape index (κ2) is 4.92. The molecule has 0 saturated carbocycles. The number of aromatic nitrogens is 2. The van der Waals surface area contributed by atoms with E-state index in [9.17, 15) is 4.79 Å². The Hall–Kier alpha value is -1.85. The highest BCUT2D eigenvalue weighted by atomic mass is 35.5. The van der Waals surface area contributed by atoms with Gasteiger partial charge in [-0.15, -0.1) is 0 Å². The van der Waals surface area contributed by atoms with Crippen molar-refractivity contribution in [2.24, 2.45) is 0 Å². The molecule has 7 heteroatoms. The first kappa shape index (κ1) is 13.1. The van der Waals surface area contributed by atoms with Crippen molar-refractivity contribution in [3.63, 3.8) is 0 Å². The lowest BCUT2D eigenvalue weighted by molar-refractivity contribution is 0.0982. The van der Waals surface area contributed by atoms with Crippen LogP contribution in [0.4, 0.5) is 11.5 Å². The van der Waals surface area contributed by atoms with E-state index in [1.54, 1.807) is 18.2 Å². The van der Waals surface area contributed by atoms with Gasteiger partial charge in [-0.1, -0.05) is 29.3 Å². The van der Waals surface area contributed by atoms with Gasteiger partial charge in [0.15, 0.2) is 0 Å². The van der Waals surface area contributed by atoms with Crippen LogP contribution >= 0.6 is 23.2 Å². The molecule has 0 spiro atoms. The number of para-hydroxylation sites is 1. The predicted octanol–water partition coefficient (Wildman–Crippen LogP) is 2.84. The van der Waals surface area contributed by atoms with Gasteiger partial charge in [0.2, 0.25) is 0 Å². The van der Waals surface area contributed by atoms with Crippen molar-refractivity contribution in [2.75, 3.05) is 23.5 Å². The van der Waals surface area contributed by atoms with Gasteiger partial charge in [-0.05, 0) is 12.1 Å². The molecule has 1 aromatic heterocycles. The van der Waals surface area contributed by atoms with Gasteiger partial charge in [0.05, 0.1) is 22.4 Å². The number of rotatable bonds is 1. The van der Waals surface area contributed by atoms with Crippen molar-refractivity contribution in [3.05, 3.63) is 46.3 Å². The standard InChI is InChI=1S/C13H10Cl2N4O/c1-18-7-19(11-9(14)3-2-4-10(11)15)13(20)8-5-16-6-17-12(8)18/h2-6H,7H2,1H3. The Morgan fingerprint density at radius 1 is 1.25 bits per heavy atom. The fourth-order valence-electron chi connectivity index (χ4n) is 2.19. The molecule has 3 rings (SSSR count). The van der Waals surface area contributed by atoms with E-state index in [2.05, 4.69) is 9.97 Å². The zero-order chi connectivity index (χ0) is 14.3. The Morgan fingerprint density at radius 3 is 2.65 bits per heavy atom. The van der Waals surface area contributed by atoms with Crippen molar-refractivity contribution in [3.8, 4) is 0 Å². The number of carbonyl (C=O) groups is 1. The minimum absolute atomic E-state index is 0.214. The number of carbonyl (C=O) groups excluding carboxylic acids is 1. The summed E-state index contributed by atoms with van der Waals surface area (Å²) in [4.78, 5) is 24.0. The summed E-state index contributed by atoms with van der Waals surface area (Å²) >= 11 is 12.3. The number of anilines is 2. The van der Waals surface area contributed by atoms with E-state index in [1.807, 2.05) is 11.9 Å². The molecular formula is C13H10Cl2N4O. The third-order valence-electron chi connectivity index (χ3n) is 3.09. The number of benzene rings is 1. The normalized spacial score (nSPS) is 14.4. The number of fused-ring (bicyclic) bond motifs is 1. The summed E-state index contributed by atoms with van der Waals surface area (Å²) in [5.74, 6) is 0.387. The summed E-state index contributed by atoms with van der Waals surface area (Å²) in [7, 11) is 1.84. The molecule has 0 aliphatic carbocycles. The second-order valence-corrected chi connectivity index (χ2v) is 5.22. The monoisotopic (exact) mass is 308 g/mol. The molecule has 0 saturated heterocycles. The molecule has 1 aromatic carbocycles. The minimum Gasteiger partial charge on any atom is -0.341 e. The van der Waals surface area contributed by atoms with E-state index in [4.69, 9.17) is 23.2 Å². The Labute approximate surface area is 125 Å². The van der Waals surface area contributed by atoms with Crippen LogP contribution in [0.2, 0.25) is 10.0 Å². The number of halogens is 2. The number of amides is 1. The summed E-state index contributed by atoms with van der Waals surface area (Å²) < 4.78 is 0. The highest BCUT2D eigenvalue weighted by Gasteiger charge is 2.31. The van der Waals surface area contributed by atoms with Gasteiger partial charge in [0.1, 0.15) is 17.7 Å². The topological polar surface area (TPSA) is 49.3 Å². The van der Waals surface area contributed by atoms with Crippen molar-refractivity contribution >= 4 is 40.6 Å². The number of hydrogen-bond donors (Lipinski definition) is 0. The van der Waals surface area contributed by atoms with Crippen LogP contribution in [0, 0.1) is 0 Å². The zero-order valence-electron chi connectivity index (χ0n) is 10.5. The average molecular weight is 309 g/mol. The summed E-state index contributed by atoms with van der Waals surface area (Å²) in [5.41, 5.74) is 0.930. The van der Waals surface area contributed by atoms with Gasteiger partial charge in [-0.3, -0.25) is 9.69 Å². The van der Waals surface area contributed by atoms with Crippen LogP contribution in [0.3, 0.4) is 0 Å². The first-order valence-corrected chi connectivity index (χ1v) is 6.62. The van der Waals surface area contributed by atoms with Crippen LogP contribution in [0.5, 0.6) is 0 Å². The Morgan fingerprint density at radius 2 is 1.95 bits per heavy atom. The minimum atomic E-state index is -0.214. The maximum atomic E-state index is 12.6. The Bertz CT molecular complexity index is 672. The average Bonchev–Trinajstić information content (AvgIpc) is 2.44. The van der Waals surface area contributed by atoms with E-state index in [-0.39, 0.29) is 5.91 Å². The molecule has 102 valence electrons. The molecule has 20 heavy (non-hydrogen) atoms. The largest absolute Gasteiger partial charge is 0.341 e. The third-order valence-corrected chi connectivity index (χ3v) is 3.70. The van der Waals surface area contributed by atoms with E-state index >= 15 is 0 Å². The lowest BCUT2D eigenvalue weighted by Crippen LogP contribution is -2.46. The van der Waals surface area contributed by atoms with Crippen LogP contribution in [-0.4, -0.2) is 29.6 Å². The summed E-state index contributed by atoms with van der Waals surface area (Å²) in [6.45, 7) is 0.326. The van der Waals surface area contributed by atoms with E-state index in [1.165, 1.54) is 17.4 Å². The summed E-state index contributed by atoms with van der Waals surface area (Å²) in [6, 6.07) is 5.14. The number of nitrogens with zero attached hydrogens (tertiary/aromatic N) is 4. The first-order chi connectivity index (χ1) is 9.59. The predicted molar refractivity (Wildman–Crippen MR) is 78.6 cm³/mol. The Balaban J connectivity index is 2.12. The van der Waals surface area contributed by atoms with Crippen LogP contribution in [0.25, 0.3) is 0 Å². The molecule has 0 fully saturated rings. The van der Waals surface area contributed by atoms with Crippen LogP contribution in [0.15, 0.2) is 30.7 Å². The molecule has 0 bridgehead atoms. The Kier molecular flexibility index (Phi) is 3.23. The maximum Gasteiger partial charge on any atom is 0.265 e. The summed E-state index contributed by atoms with van der Waals surface area (Å²) in [6.07, 6.45) is 2.92. The van der Waals surface area contributed by atoms with Crippen molar-refractivity contribution in [1.82, 2.24) is 9.97 Å². The highest BCUT2D eigenvalue weighted by Crippen LogP contribution is 2.36. The van der Waals surface area contributed by atoms with Gasteiger partial charge < -0.3 is 4.90 Å². The molecule has 0 unspecified atom stereocenters. The van der Waals surface area contributed by atoms with Crippen molar-refractivity contribution < 1.29 is 4.79 Å². The van der Waals surface area contributed by atoms with Crippen LogP contribution in [0.1, 0.15) is 10.4 Å². The smallest absolute Gasteiger partial charge is 0.265 e. The quantitative estimate of drug-likeness (QED) is 0.813.